The average Bonchev–Trinajstić information content (AvgIpc) is 2.76. The minimum atomic E-state index is 0.201. The molecule has 0 amide bonds. The first-order valence-corrected chi connectivity index (χ1v) is 5.59. The normalized spacial score (nSPS) is 14.2. The zero-order valence-corrected chi connectivity index (χ0v) is 9.91. The van der Waals surface area contributed by atoms with E-state index in [0.29, 0.717) is 5.71 Å². The second-order valence-corrected chi connectivity index (χ2v) is 3.95. The first-order chi connectivity index (χ1) is 9.25. The van der Waals surface area contributed by atoms with E-state index in [4.69, 9.17) is 11.5 Å². The van der Waals surface area contributed by atoms with Gasteiger partial charge >= 0.3 is 0 Å². The van der Waals surface area contributed by atoms with Crippen LogP contribution in [0.4, 0.5) is 5.69 Å². The predicted octanol–water partition coefficient (Wildman–Crippen LogP) is 0.646. The molecule has 0 radical (unpaired) electrons. The Bertz CT molecular complexity index is 704. The summed E-state index contributed by atoms with van der Waals surface area (Å²) in [7, 11) is 0. The molecule has 0 saturated heterocycles. The van der Waals surface area contributed by atoms with E-state index in [0.717, 1.165) is 16.5 Å². The molecule has 0 bridgehead atoms. The van der Waals surface area contributed by atoms with Crippen molar-refractivity contribution in [2.45, 2.75) is 0 Å². The fourth-order valence-electron chi connectivity index (χ4n) is 1.78. The largest absolute Gasteiger partial charge is 0.380 e. The minimum Gasteiger partial charge on any atom is -0.380 e. The molecule has 7 heteroatoms. The minimum absolute atomic E-state index is 0.201. The molecule has 0 atom stereocenters. The molecule has 94 valence electrons. The summed E-state index contributed by atoms with van der Waals surface area (Å²) in [6, 6.07) is 7.70. The standard InChI is InChI=1S/C12H11N7/c13-11-10(12(14)19-18-11)17-16-9-3-1-2-7-6-15-5-4-8(7)9/h1-6,16H,(H4,13,14,17,18,19). The maximum absolute atomic E-state index is 5.62. The molecular weight excluding hydrogens is 242 g/mol. The maximum atomic E-state index is 5.62. The summed E-state index contributed by atoms with van der Waals surface area (Å²) in [6.07, 6.45) is 3.51. The van der Waals surface area contributed by atoms with E-state index in [-0.39, 0.29) is 11.7 Å². The van der Waals surface area contributed by atoms with Crippen LogP contribution in [0.5, 0.6) is 0 Å². The van der Waals surface area contributed by atoms with Crippen molar-refractivity contribution < 1.29 is 0 Å². The Balaban J connectivity index is 1.97. The van der Waals surface area contributed by atoms with Crippen molar-refractivity contribution in [3.8, 4) is 0 Å². The predicted molar refractivity (Wildman–Crippen MR) is 76.0 cm³/mol. The van der Waals surface area contributed by atoms with Gasteiger partial charge in [0, 0.05) is 23.2 Å². The van der Waals surface area contributed by atoms with Gasteiger partial charge in [0.2, 0.25) is 0 Å². The highest BCUT2D eigenvalue weighted by Gasteiger charge is 2.16. The molecule has 1 aliphatic heterocycles. The number of fused-ring (bicyclic) bond motifs is 1. The smallest absolute Gasteiger partial charge is 0.177 e. The van der Waals surface area contributed by atoms with Gasteiger partial charge in [0.1, 0.15) is 0 Å². The van der Waals surface area contributed by atoms with E-state index in [9.17, 15) is 0 Å². The lowest BCUT2D eigenvalue weighted by molar-refractivity contribution is 1.25. The Hall–Kier alpha value is -2.96. The lowest BCUT2D eigenvalue weighted by atomic mass is 10.1. The molecule has 0 fully saturated rings. The number of pyridine rings is 1. The molecule has 0 saturated carbocycles. The number of hydrazone groups is 1. The number of nitrogens with one attached hydrogen (secondary N) is 1. The van der Waals surface area contributed by atoms with Crippen LogP contribution in [-0.2, 0) is 0 Å². The first kappa shape index (κ1) is 11.1. The number of nitrogens with zero attached hydrogens (tertiary/aromatic N) is 4. The van der Waals surface area contributed by atoms with Crippen LogP contribution in [-0.4, -0.2) is 22.4 Å². The SMILES string of the molecule is NC1=NN=C(N)C1=NNc1cccc2cnccc12. The topological polar surface area (TPSA) is 114 Å². The van der Waals surface area contributed by atoms with Crippen LogP contribution in [0.3, 0.4) is 0 Å². The molecule has 1 aromatic heterocycles. The third-order valence-corrected chi connectivity index (χ3v) is 2.72. The van der Waals surface area contributed by atoms with Crippen LogP contribution in [0.25, 0.3) is 10.8 Å². The fourth-order valence-corrected chi connectivity index (χ4v) is 1.78. The van der Waals surface area contributed by atoms with Gasteiger partial charge in [-0.1, -0.05) is 12.1 Å². The zero-order chi connectivity index (χ0) is 13.2. The Morgan fingerprint density at radius 3 is 2.63 bits per heavy atom. The van der Waals surface area contributed by atoms with E-state index in [2.05, 4.69) is 25.7 Å². The monoisotopic (exact) mass is 253 g/mol. The van der Waals surface area contributed by atoms with Crippen LogP contribution in [0.1, 0.15) is 0 Å². The molecule has 0 spiro atoms. The second kappa shape index (κ2) is 4.37. The van der Waals surface area contributed by atoms with Crippen LogP contribution in [0, 0.1) is 0 Å². The Kier molecular flexibility index (Phi) is 2.57. The Morgan fingerprint density at radius 2 is 1.84 bits per heavy atom. The van der Waals surface area contributed by atoms with Crippen molar-refractivity contribution in [2.24, 2.45) is 26.8 Å². The number of amidine groups is 2. The van der Waals surface area contributed by atoms with Gasteiger partial charge in [-0.15, -0.1) is 10.2 Å². The Labute approximate surface area is 108 Å². The molecule has 0 aliphatic carbocycles. The second-order valence-electron chi connectivity index (χ2n) is 3.95. The van der Waals surface area contributed by atoms with Gasteiger partial charge in [-0.2, -0.15) is 5.10 Å². The van der Waals surface area contributed by atoms with Crippen molar-refractivity contribution in [3.63, 3.8) is 0 Å². The highest BCUT2D eigenvalue weighted by atomic mass is 15.4. The molecule has 2 aromatic rings. The number of benzene rings is 1. The molecule has 1 aromatic carbocycles. The molecule has 1 aliphatic rings. The van der Waals surface area contributed by atoms with Crippen molar-refractivity contribution in [1.29, 1.82) is 0 Å². The van der Waals surface area contributed by atoms with Crippen LogP contribution in [0.2, 0.25) is 0 Å². The summed E-state index contributed by atoms with van der Waals surface area (Å²) in [4.78, 5) is 4.07. The van der Waals surface area contributed by atoms with Crippen LogP contribution >= 0.6 is 0 Å². The first-order valence-electron chi connectivity index (χ1n) is 5.59. The highest BCUT2D eigenvalue weighted by Crippen LogP contribution is 2.22. The van der Waals surface area contributed by atoms with E-state index >= 15 is 0 Å². The van der Waals surface area contributed by atoms with Crippen molar-refractivity contribution in [2.75, 3.05) is 5.43 Å². The summed E-state index contributed by atoms with van der Waals surface area (Å²) < 4.78 is 0. The van der Waals surface area contributed by atoms with Crippen molar-refractivity contribution >= 4 is 33.8 Å². The fraction of sp³-hybridized carbons (Fsp3) is 0. The summed E-state index contributed by atoms with van der Waals surface area (Å²) in [5, 5.41) is 13.5. The van der Waals surface area contributed by atoms with Gasteiger partial charge in [0.05, 0.1) is 5.69 Å². The summed E-state index contributed by atoms with van der Waals surface area (Å²) in [6.45, 7) is 0. The van der Waals surface area contributed by atoms with Gasteiger partial charge in [-0.25, -0.2) is 0 Å². The van der Waals surface area contributed by atoms with E-state index in [1.165, 1.54) is 0 Å². The number of hydrogen-bond donors (Lipinski definition) is 3. The van der Waals surface area contributed by atoms with E-state index < -0.39 is 0 Å². The summed E-state index contributed by atoms with van der Waals surface area (Å²) >= 11 is 0. The molecule has 3 rings (SSSR count). The van der Waals surface area contributed by atoms with Crippen molar-refractivity contribution in [3.05, 3.63) is 36.7 Å². The Morgan fingerprint density at radius 1 is 1.05 bits per heavy atom. The van der Waals surface area contributed by atoms with Crippen LogP contribution in [0.15, 0.2) is 52.0 Å². The third-order valence-electron chi connectivity index (χ3n) is 2.72. The molecule has 0 unspecified atom stereocenters. The van der Waals surface area contributed by atoms with Gasteiger partial charge in [0.25, 0.3) is 0 Å². The molecule has 5 N–H and O–H groups in total. The zero-order valence-electron chi connectivity index (χ0n) is 9.91. The van der Waals surface area contributed by atoms with E-state index in [1.807, 2.05) is 24.3 Å². The summed E-state index contributed by atoms with van der Waals surface area (Å²) in [5.74, 6) is 0.402. The molecular formula is C12H11N7. The number of hydrogen-bond acceptors (Lipinski definition) is 7. The molecule has 2 heterocycles. The van der Waals surface area contributed by atoms with Gasteiger partial charge in [0.15, 0.2) is 17.4 Å². The lowest BCUT2D eigenvalue weighted by Gasteiger charge is -2.06. The third kappa shape index (κ3) is 1.97. The van der Waals surface area contributed by atoms with Gasteiger partial charge < -0.3 is 11.5 Å². The average molecular weight is 253 g/mol. The number of aromatic nitrogens is 1. The number of anilines is 1. The van der Waals surface area contributed by atoms with E-state index in [1.54, 1.807) is 12.4 Å². The quantitative estimate of drug-likeness (QED) is 0.681. The van der Waals surface area contributed by atoms with Crippen LogP contribution < -0.4 is 16.9 Å². The van der Waals surface area contributed by atoms with Gasteiger partial charge in [-0.3, -0.25) is 10.4 Å². The van der Waals surface area contributed by atoms with Gasteiger partial charge in [-0.05, 0) is 12.1 Å². The molecule has 19 heavy (non-hydrogen) atoms. The molecule has 7 nitrogen and oxygen atoms in total. The highest BCUT2D eigenvalue weighted by molar-refractivity contribution is 6.68. The maximum Gasteiger partial charge on any atom is 0.177 e. The summed E-state index contributed by atoms with van der Waals surface area (Å²) in [5.41, 5.74) is 15.4. The number of rotatable bonds is 2. The van der Waals surface area contributed by atoms with Crippen molar-refractivity contribution in [1.82, 2.24) is 4.98 Å². The lowest BCUT2D eigenvalue weighted by Crippen LogP contribution is -2.32. The number of nitrogens with two attached hydrogens (primary N) is 2.